The predicted molar refractivity (Wildman–Crippen MR) is 104 cm³/mol. The van der Waals surface area contributed by atoms with Crippen molar-refractivity contribution in [2.24, 2.45) is 4.99 Å². The van der Waals surface area contributed by atoms with Gasteiger partial charge in [0.1, 0.15) is 5.01 Å². The predicted octanol–water partition coefficient (Wildman–Crippen LogP) is 3.38. The lowest BCUT2D eigenvalue weighted by atomic mass is 10.1. The van der Waals surface area contributed by atoms with Gasteiger partial charge in [-0.3, -0.25) is 9.98 Å². The Balaban J connectivity index is 1.58. The third-order valence-electron chi connectivity index (χ3n) is 3.65. The molecular formula is C19H21N5S. The molecule has 0 radical (unpaired) electrons. The summed E-state index contributed by atoms with van der Waals surface area (Å²) < 4.78 is 0. The van der Waals surface area contributed by atoms with Crippen molar-refractivity contribution in [3.05, 3.63) is 70.3 Å². The number of hydrogen-bond donors (Lipinski definition) is 2. The van der Waals surface area contributed by atoms with E-state index in [-0.39, 0.29) is 0 Å². The first kappa shape index (κ1) is 17.1. The average molecular weight is 351 g/mol. The van der Waals surface area contributed by atoms with Crippen molar-refractivity contribution in [3.8, 4) is 11.3 Å². The first-order valence-electron chi connectivity index (χ1n) is 8.11. The van der Waals surface area contributed by atoms with Crippen LogP contribution >= 0.6 is 11.3 Å². The fourth-order valence-electron chi connectivity index (χ4n) is 2.42. The summed E-state index contributed by atoms with van der Waals surface area (Å²) in [5.41, 5.74) is 3.27. The highest BCUT2D eigenvalue weighted by Gasteiger charge is 2.03. The van der Waals surface area contributed by atoms with Crippen molar-refractivity contribution >= 4 is 17.3 Å². The van der Waals surface area contributed by atoms with Gasteiger partial charge in [-0.05, 0) is 30.7 Å². The van der Waals surface area contributed by atoms with E-state index in [1.54, 1.807) is 18.4 Å². The highest BCUT2D eigenvalue weighted by molar-refractivity contribution is 7.11. The smallest absolute Gasteiger partial charge is 0.191 e. The maximum atomic E-state index is 4.40. The number of hydrogen-bond acceptors (Lipinski definition) is 4. The van der Waals surface area contributed by atoms with Crippen LogP contribution < -0.4 is 10.6 Å². The number of pyridine rings is 1. The van der Waals surface area contributed by atoms with Gasteiger partial charge in [-0.2, -0.15) is 0 Å². The molecule has 0 unspecified atom stereocenters. The number of thiazole rings is 1. The fraction of sp³-hybridized carbons (Fsp3) is 0.211. The third kappa shape index (κ3) is 4.87. The number of nitrogens with zero attached hydrogens (tertiary/aromatic N) is 3. The zero-order chi connectivity index (χ0) is 17.5. The molecule has 0 bridgehead atoms. The minimum atomic E-state index is 0.673. The SMILES string of the molecule is CN=C(NCc1cccc(-c2ccccn2)c1)NCc1ncc(C)s1. The van der Waals surface area contributed by atoms with Crippen molar-refractivity contribution < 1.29 is 0 Å². The van der Waals surface area contributed by atoms with Crippen LogP contribution in [0.1, 0.15) is 15.4 Å². The summed E-state index contributed by atoms with van der Waals surface area (Å²) in [7, 11) is 1.77. The van der Waals surface area contributed by atoms with Crippen molar-refractivity contribution in [2.45, 2.75) is 20.0 Å². The van der Waals surface area contributed by atoms with Gasteiger partial charge < -0.3 is 10.6 Å². The van der Waals surface area contributed by atoms with Crippen molar-refractivity contribution in [1.29, 1.82) is 0 Å². The van der Waals surface area contributed by atoms with Crippen LogP contribution in [0.25, 0.3) is 11.3 Å². The molecule has 128 valence electrons. The Hall–Kier alpha value is -2.73. The molecule has 0 aliphatic carbocycles. The lowest BCUT2D eigenvalue weighted by molar-refractivity contribution is 0.805. The molecule has 0 amide bonds. The van der Waals surface area contributed by atoms with Crippen LogP contribution in [-0.4, -0.2) is 23.0 Å². The lowest BCUT2D eigenvalue weighted by Crippen LogP contribution is -2.36. The van der Waals surface area contributed by atoms with Gasteiger partial charge in [0.15, 0.2) is 5.96 Å². The maximum Gasteiger partial charge on any atom is 0.191 e. The molecule has 6 heteroatoms. The van der Waals surface area contributed by atoms with Gasteiger partial charge in [0.2, 0.25) is 0 Å². The van der Waals surface area contributed by atoms with E-state index in [1.165, 1.54) is 10.4 Å². The molecule has 0 atom stereocenters. The van der Waals surface area contributed by atoms with E-state index in [0.717, 1.165) is 22.2 Å². The van der Waals surface area contributed by atoms with Crippen LogP contribution in [0.4, 0.5) is 0 Å². The topological polar surface area (TPSA) is 62.2 Å². The summed E-state index contributed by atoms with van der Waals surface area (Å²) in [6, 6.07) is 14.3. The summed E-state index contributed by atoms with van der Waals surface area (Å²) in [5.74, 6) is 0.760. The summed E-state index contributed by atoms with van der Waals surface area (Å²) in [4.78, 5) is 14.2. The second kappa shape index (κ2) is 8.39. The quantitative estimate of drug-likeness (QED) is 0.546. The van der Waals surface area contributed by atoms with E-state index < -0.39 is 0 Å². The Morgan fingerprint density at radius 2 is 1.96 bits per heavy atom. The summed E-state index contributed by atoms with van der Waals surface area (Å²) in [5, 5.41) is 7.68. The largest absolute Gasteiger partial charge is 0.352 e. The summed E-state index contributed by atoms with van der Waals surface area (Å²) >= 11 is 1.69. The molecule has 2 aromatic heterocycles. The van der Waals surface area contributed by atoms with Gasteiger partial charge in [-0.25, -0.2) is 4.98 Å². The Kier molecular flexibility index (Phi) is 5.74. The standard InChI is InChI=1S/C19H21N5S/c1-14-11-22-18(25-14)13-24-19(20-2)23-12-15-6-5-7-16(10-15)17-8-3-4-9-21-17/h3-11H,12-13H2,1-2H3,(H2,20,23,24). The molecule has 0 saturated carbocycles. The monoisotopic (exact) mass is 351 g/mol. The molecule has 3 aromatic rings. The molecule has 0 aliphatic heterocycles. The van der Waals surface area contributed by atoms with Crippen LogP contribution in [0.5, 0.6) is 0 Å². The number of rotatable bonds is 5. The number of nitrogens with one attached hydrogen (secondary N) is 2. The summed E-state index contributed by atoms with van der Waals surface area (Å²) in [6.45, 7) is 3.42. The van der Waals surface area contributed by atoms with Crippen LogP contribution in [0.3, 0.4) is 0 Å². The van der Waals surface area contributed by atoms with Crippen LogP contribution in [0.15, 0.2) is 59.9 Å². The Bertz CT molecular complexity index is 842. The number of guanidine groups is 1. The molecule has 3 rings (SSSR count). The van der Waals surface area contributed by atoms with Crippen LogP contribution in [-0.2, 0) is 13.1 Å². The Labute approximate surface area is 151 Å². The number of aliphatic imine (C=N–C) groups is 1. The second-order valence-corrected chi connectivity index (χ2v) is 6.88. The van der Waals surface area contributed by atoms with Gasteiger partial charge in [0.25, 0.3) is 0 Å². The molecule has 2 heterocycles. The molecule has 0 saturated heterocycles. The zero-order valence-corrected chi connectivity index (χ0v) is 15.2. The zero-order valence-electron chi connectivity index (χ0n) is 14.4. The fourth-order valence-corrected chi connectivity index (χ4v) is 3.15. The van der Waals surface area contributed by atoms with E-state index in [2.05, 4.69) is 56.8 Å². The highest BCUT2D eigenvalue weighted by Crippen LogP contribution is 2.17. The minimum Gasteiger partial charge on any atom is -0.352 e. The lowest BCUT2D eigenvalue weighted by Gasteiger charge is -2.11. The molecule has 0 aliphatic rings. The first-order valence-corrected chi connectivity index (χ1v) is 8.92. The first-order chi connectivity index (χ1) is 12.2. The third-order valence-corrected chi connectivity index (χ3v) is 4.56. The number of benzene rings is 1. The van der Waals surface area contributed by atoms with Crippen molar-refractivity contribution in [3.63, 3.8) is 0 Å². The molecule has 1 aromatic carbocycles. The van der Waals surface area contributed by atoms with Crippen molar-refractivity contribution in [2.75, 3.05) is 7.05 Å². The van der Waals surface area contributed by atoms with E-state index in [0.29, 0.717) is 13.1 Å². The Morgan fingerprint density at radius 3 is 2.68 bits per heavy atom. The van der Waals surface area contributed by atoms with Gasteiger partial charge in [0, 0.05) is 36.4 Å². The molecular weight excluding hydrogens is 330 g/mol. The van der Waals surface area contributed by atoms with Gasteiger partial charge in [-0.1, -0.05) is 24.3 Å². The molecule has 25 heavy (non-hydrogen) atoms. The maximum absolute atomic E-state index is 4.40. The minimum absolute atomic E-state index is 0.673. The number of aryl methyl sites for hydroxylation is 1. The molecule has 2 N–H and O–H groups in total. The van der Waals surface area contributed by atoms with Crippen LogP contribution in [0.2, 0.25) is 0 Å². The van der Waals surface area contributed by atoms with E-state index in [4.69, 9.17) is 0 Å². The van der Waals surface area contributed by atoms with E-state index in [1.807, 2.05) is 30.6 Å². The van der Waals surface area contributed by atoms with Gasteiger partial charge >= 0.3 is 0 Å². The van der Waals surface area contributed by atoms with E-state index in [9.17, 15) is 0 Å². The second-order valence-electron chi connectivity index (χ2n) is 5.56. The van der Waals surface area contributed by atoms with Crippen LogP contribution in [0, 0.1) is 6.92 Å². The average Bonchev–Trinajstić information content (AvgIpc) is 3.08. The van der Waals surface area contributed by atoms with Crippen molar-refractivity contribution in [1.82, 2.24) is 20.6 Å². The van der Waals surface area contributed by atoms with Gasteiger partial charge in [-0.15, -0.1) is 11.3 Å². The highest BCUT2D eigenvalue weighted by atomic mass is 32.1. The number of aromatic nitrogens is 2. The molecule has 0 fully saturated rings. The summed E-state index contributed by atoms with van der Waals surface area (Å²) in [6.07, 6.45) is 3.70. The Morgan fingerprint density at radius 1 is 1.08 bits per heavy atom. The molecule has 0 spiro atoms. The van der Waals surface area contributed by atoms with Gasteiger partial charge in [0.05, 0.1) is 12.2 Å². The molecule has 5 nitrogen and oxygen atoms in total. The normalized spacial score (nSPS) is 11.4. The van der Waals surface area contributed by atoms with E-state index >= 15 is 0 Å².